The van der Waals surface area contributed by atoms with Gasteiger partial charge in [-0.2, -0.15) is 5.26 Å². The number of rotatable bonds is 4. The molecular weight excluding hydrogens is 176 g/mol. The van der Waals surface area contributed by atoms with E-state index in [-0.39, 0.29) is 6.10 Å². The first kappa shape index (κ1) is 10.6. The van der Waals surface area contributed by atoms with Crippen molar-refractivity contribution >= 4 is 5.69 Å². The van der Waals surface area contributed by atoms with Gasteiger partial charge >= 0.3 is 0 Å². The lowest BCUT2D eigenvalue weighted by Gasteiger charge is -2.11. The minimum Gasteiger partial charge on any atom is -0.391 e. The highest BCUT2D eigenvalue weighted by molar-refractivity contribution is 5.57. The lowest BCUT2D eigenvalue weighted by Crippen LogP contribution is -2.18. The number of aliphatic hydroxyl groups excluding tert-OH is 1. The predicted molar refractivity (Wildman–Crippen MR) is 55.9 cm³/mol. The number of hydrogen-bond acceptors (Lipinski definition) is 3. The molecule has 1 atom stereocenters. The van der Waals surface area contributed by atoms with Crippen molar-refractivity contribution in [2.75, 3.05) is 11.9 Å². The lowest BCUT2D eigenvalue weighted by molar-refractivity contribution is 0.183. The van der Waals surface area contributed by atoms with Crippen LogP contribution in [0.15, 0.2) is 24.3 Å². The molecular formula is C11H14N2O. The Morgan fingerprint density at radius 1 is 1.50 bits per heavy atom. The van der Waals surface area contributed by atoms with Crippen LogP contribution in [-0.2, 0) is 0 Å². The number of aliphatic hydroxyl groups is 1. The Kier molecular flexibility index (Phi) is 3.96. The van der Waals surface area contributed by atoms with E-state index in [9.17, 15) is 5.11 Å². The highest BCUT2D eigenvalue weighted by Gasteiger charge is 2.02. The Balaban J connectivity index is 2.63. The van der Waals surface area contributed by atoms with Crippen molar-refractivity contribution in [3.05, 3.63) is 29.8 Å². The van der Waals surface area contributed by atoms with Crippen LogP contribution in [-0.4, -0.2) is 17.8 Å². The first-order valence-corrected chi connectivity index (χ1v) is 4.69. The Labute approximate surface area is 84.0 Å². The molecule has 3 nitrogen and oxygen atoms in total. The van der Waals surface area contributed by atoms with E-state index in [2.05, 4.69) is 11.4 Å². The molecule has 0 aliphatic heterocycles. The highest BCUT2D eigenvalue weighted by atomic mass is 16.3. The van der Waals surface area contributed by atoms with E-state index < -0.39 is 0 Å². The summed E-state index contributed by atoms with van der Waals surface area (Å²) in [6, 6.07) is 9.36. The molecule has 0 fully saturated rings. The maximum atomic E-state index is 9.34. The number of para-hydroxylation sites is 1. The summed E-state index contributed by atoms with van der Waals surface area (Å²) in [6.07, 6.45) is 0.351. The Bertz CT molecular complexity index is 330. The zero-order valence-corrected chi connectivity index (χ0v) is 8.20. The van der Waals surface area contributed by atoms with Crippen LogP contribution < -0.4 is 5.32 Å². The number of nitrogens with one attached hydrogen (secondary N) is 1. The van der Waals surface area contributed by atoms with Crippen LogP contribution in [0, 0.1) is 11.3 Å². The normalized spacial score (nSPS) is 11.8. The zero-order chi connectivity index (χ0) is 10.4. The molecule has 2 N–H and O–H groups in total. The quantitative estimate of drug-likeness (QED) is 0.760. The van der Waals surface area contributed by atoms with Crippen molar-refractivity contribution in [1.29, 1.82) is 5.26 Å². The van der Waals surface area contributed by atoms with Crippen molar-refractivity contribution in [2.24, 2.45) is 0 Å². The first-order chi connectivity index (χ1) is 6.77. The van der Waals surface area contributed by atoms with E-state index in [1.165, 1.54) is 0 Å². The summed E-state index contributed by atoms with van der Waals surface area (Å²) in [6.45, 7) is 2.40. The fourth-order valence-electron chi connectivity index (χ4n) is 1.11. The summed E-state index contributed by atoms with van der Waals surface area (Å²) in [5.41, 5.74) is 1.39. The fraction of sp³-hybridized carbons (Fsp3) is 0.364. The molecule has 0 aromatic heterocycles. The van der Waals surface area contributed by atoms with Gasteiger partial charge in [0.2, 0.25) is 0 Å². The van der Waals surface area contributed by atoms with E-state index in [1.807, 2.05) is 25.1 Å². The molecule has 0 bridgehead atoms. The van der Waals surface area contributed by atoms with Gasteiger partial charge in [-0.1, -0.05) is 19.1 Å². The molecule has 1 aromatic carbocycles. The SMILES string of the molecule is CCC(O)CNc1ccccc1C#N. The lowest BCUT2D eigenvalue weighted by atomic mass is 10.2. The average molecular weight is 190 g/mol. The van der Waals surface area contributed by atoms with Crippen LogP contribution >= 0.6 is 0 Å². The fourth-order valence-corrected chi connectivity index (χ4v) is 1.11. The van der Waals surface area contributed by atoms with E-state index in [0.29, 0.717) is 18.5 Å². The van der Waals surface area contributed by atoms with Gasteiger partial charge in [0.1, 0.15) is 6.07 Å². The van der Waals surface area contributed by atoms with Crippen molar-refractivity contribution < 1.29 is 5.11 Å². The Morgan fingerprint density at radius 2 is 2.21 bits per heavy atom. The zero-order valence-electron chi connectivity index (χ0n) is 8.20. The Morgan fingerprint density at radius 3 is 2.86 bits per heavy atom. The predicted octanol–water partition coefficient (Wildman–Crippen LogP) is 1.74. The first-order valence-electron chi connectivity index (χ1n) is 4.69. The second kappa shape index (κ2) is 5.25. The van der Waals surface area contributed by atoms with Crippen LogP contribution in [0.5, 0.6) is 0 Å². The molecule has 1 aromatic rings. The number of benzene rings is 1. The molecule has 74 valence electrons. The third kappa shape index (κ3) is 2.75. The molecule has 0 amide bonds. The molecule has 0 aliphatic carbocycles. The molecule has 0 radical (unpaired) electrons. The van der Waals surface area contributed by atoms with Gasteiger partial charge in [0.25, 0.3) is 0 Å². The van der Waals surface area contributed by atoms with Crippen LogP contribution in [0.3, 0.4) is 0 Å². The minimum absolute atomic E-state index is 0.359. The maximum absolute atomic E-state index is 9.34. The maximum Gasteiger partial charge on any atom is 0.101 e. The van der Waals surface area contributed by atoms with Gasteiger partial charge in [0, 0.05) is 6.54 Å². The molecule has 0 saturated heterocycles. The molecule has 1 rings (SSSR count). The summed E-state index contributed by atoms with van der Waals surface area (Å²) < 4.78 is 0. The van der Waals surface area contributed by atoms with Gasteiger partial charge in [-0.15, -0.1) is 0 Å². The van der Waals surface area contributed by atoms with E-state index >= 15 is 0 Å². The molecule has 14 heavy (non-hydrogen) atoms. The number of anilines is 1. The number of nitriles is 1. The summed E-state index contributed by atoms with van der Waals surface area (Å²) in [4.78, 5) is 0. The molecule has 0 saturated carbocycles. The van der Waals surface area contributed by atoms with Gasteiger partial charge in [-0.25, -0.2) is 0 Å². The van der Waals surface area contributed by atoms with Crippen LogP contribution in [0.1, 0.15) is 18.9 Å². The topological polar surface area (TPSA) is 56.0 Å². The van der Waals surface area contributed by atoms with Crippen molar-refractivity contribution in [1.82, 2.24) is 0 Å². The standard InChI is InChI=1S/C11H14N2O/c1-2-10(14)8-13-11-6-4-3-5-9(11)7-12/h3-6,10,13-14H,2,8H2,1H3. The monoisotopic (exact) mass is 190 g/mol. The van der Waals surface area contributed by atoms with Crippen molar-refractivity contribution in [3.8, 4) is 6.07 Å². The van der Waals surface area contributed by atoms with Gasteiger partial charge < -0.3 is 10.4 Å². The number of nitrogens with zero attached hydrogens (tertiary/aromatic N) is 1. The smallest absolute Gasteiger partial charge is 0.101 e. The second-order valence-electron chi connectivity index (χ2n) is 3.10. The van der Waals surface area contributed by atoms with Gasteiger partial charge in [0.05, 0.1) is 17.4 Å². The Hall–Kier alpha value is -1.53. The van der Waals surface area contributed by atoms with Crippen molar-refractivity contribution in [2.45, 2.75) is 19.4 Å². The largest absolute Gasteiger partial charge is 0.391 e. The highest BCUT2D eigenvalue weighted by Crippen LogP contribution is 2.13. The molecule has 1 unspecified atom stereocenters. The average Bonchev–Trinajstić information content (AvgIpc) is 2.26. The minimum atomic E-state index is -0.359. The van der Waals surface area contributed by atoms with E-state index in [1.54, 1.807) is 6.07 Å². The van der Waals surface area contributed by atoms with Crippen molar-refractivity contribution in [3.63, 3.8) is 0 Å². The summed E-state index contributed by atoms with van der Waals surface area (Å²) in [5.74, 6) is 0. The summed E-state index contributed by atoms with van der Waals surface area (Å²) >= 11 is 0. The van der Waals surface area contributed by atoms with Gasteiger partial charge in [0.15, 0.2) is 0 Å². The third-order valence-corrected chi connectivity index (χ3v) is 2.05. The van der Waals surface area contributed by atoms with E-state index in [0.717, 1.165) is 5.69 Å². The molecule has 0 spiro atoms. The number of hydrogen-bond donors (Lipinski definition) is 2. The van der Waals surface area contributed by atoms with Crippen LogP contribution in [0.2, 0.25) is 0 Å². The molecule has 3 heteroatoms. The van der Waals surface area contributed by atoms with Crippen LogP contribution in [0.25, 0.3) is 0 Å². The van der Waals surface area contributed by atoms with Crippen LogP contribution in [0.4, 0.5) is 5.69 Å². The summed E-state index contributed by atoms with van der Waals surface area (Å²) in [5, 5.41) is 21.2. The van der Waals surface area contributed by atoms with E-state index in [4.69, 9.17) is 5.26 Å². The molecule has 0 heterocycles. The summed E-state index contributed by atoms with van der Waals surface area (Å²) in [7, 11) is 0. The second-order valence-corrected chi connectivity index (χ2v) is 3.10. The van der Waals surface area contributed by atoms with Gasteiger partial charge in [-0.05, 0) is 18.6 Å². The van der Waals surface area contributed by atoms with Gasteiger partial charge in [-0.3, -0.25) is 0 Å². The third-order valence-electron chi connectivity index (χ3n) is 2.05. The molecule has 0 aliphatic rings.